The quantitative estimate of drug-likeness (QED) is 0.772. The Morgan fingerprint density at radius 2 is 2.06 bits per heavy atom. The lowest BCUT2D eigenvalue weighted by atomic mass is 9.78. The van der Waals surface area contributed by atoms with Crippen LogP contribution in [0.5, 0.6) is 0 Å². The predicted molar refractivity (Wildman–Crippen MR) is 67.1 cm³/mol. The average Bonchev–Trinajstić information content (AvgIpc) is 2.23. The van der Waals surface area contributed by atoms with Crippen molar-refractivity contribution in [2.75, 3.05) is 0 Å². The Bertz CT molecular complexity index is 232. The van der Waals surface area contributed by atoms with Crippen LogP contribution in [0.1, 0.15) is 59.3 Å². The van der Waals surface area contributed by atoms with Gasteiger partial charge < -0.3 is 11.1 Å². The third kappa shape index (κ3) is 3.78. The Balaban J connectivity index is 2.43. The molecule has 0 bridgehead atoms. The van der Waals surface area contributed by atoms with Gasteiger partial charge in [0.2, 0.25) is 5.91 Å². The van der Waals surface area contributed by atoms with Gasteiger partial charge >= 0.3 is 0 Å². The summed E-state index contributed by atoms with van der Waals surface area (Å²) in [6.45, 7) is 6.48. The van der Waals surface area contributed by atoms with Crippen molar-refractivity contribution in [3.8, 4) is 0 Å². The van der Waals surface area contributed by atoms with Crippen molar-refractivity contribution in [2.45, 2.75) is 70.9 Å². The Kier molecular flexibility index (Phi) is 4.78. The van der Waals surface area contributed by atoms with E-state index in [2.05, 4.69) is 26.1 Å². The minimum Gasteiger partial charge on any atom is -0.350 e. The van der Waals surface area contributed by atoms with Gasteiger partial charge in [0.25, 0.3) is 0 Å². The molecular weight excluding hydrogens is 200 g/mol. The Morgan fingerprint density at radius 3 is 2.56 bits per heavy atom. The lowest BCUT2D eigenvalue weighted by molar-refractivity contribution is -0.124. The van der Waals surface area contributed by atoms with E-state index in [4.69, 9.17) is 5.73 Å². The van der Waals surface area contributed by atoms with Crippen LogP contribution in [0.25, 0.3) is 0 Å². The molecule has 1 fully saturated rings. The molecule has 1 unspecified atom stereocenters. The highest BCUT2D eigenvalue weighted by atomic mass is 16.2. The summed E-state index contributed by atoms with van der Waals surface area (Å²) < 4.78 is 0. The second-order valence-electron chi connectivity index (χ2n) is 5.63. The van der Waals surface area contributed by atoms with Crippen molar-refractivity contribution in [2.24, 2.45) is 11.7 Å². The molecule has 3 heteroatoms. The molecule has 94 valence electrons. The second kappa shape index (κ2) is 5.67. The largest absolute Gasteiger partial charge is 0.350 e. The zero-order valence-electron chi connectivity index (χ0n) is 10.9. The first-order valence-corrected chi connectivity index (χ1v) is 6.54. The Morgan fingerprint density at radius 1 is 1.50 bits per heavy atom. The van der Waals surface area contributed by atoms with Crippen molar-refractivity contribution in [1.29, 1.82) is 0 Å². The van der Waals surface area contributed by atoms with Gasteiger partial charge in [0.15, 0.2) is 0 Å². The fraction of sp³-hybridized carbons (Fsp3) is 0.923. The maximum Gasteiger partial charge on any atom is 0.237 e. The number of hydrogen-bond donors (Lipinski definition) is 2. The Labute approximate surface area is 99.2 Å². The number of hydrogen-bond acceptors (Lipinski definition) is 2. The van der Waals surface area contributed by atoms with Crippen LogP contribution in [0.4, 0.5) is 0 Å². The van der Waals surface area contributed by atoms with Gasteiger partial charge in [-0.2, -0.15) is 0 Å². The third-order valence-corrected chi connectivity index (χ3v) is 3.74. The number of nitrogens with one attached hydrogen (secondary N) is 1. The molecule has 1 amide bonds. The van der Waals surface area contributed by atoms with Crippen LogP contribution in [0.2, 0.25) is 0 Å². The normalized spacial score (nSPS) is 32.1. The van der Waals surface area contributed by atoms with Crippen LogP contribution in [-0.4, -0.2) is 17.5 Å². The smallest absolute Gasteiger partial charge is 0.237 e. The van der Waals surface area contributed by atoms with Crippen LogP contribution < -0.4 is 11.1 Å². The van der Waals surface area contributed by atoms with Gasteiger partial charge in [-0.1, -0.05) is 20.3 Å². The van der Waals surface area contributed by atoms with E-state index in [1.807, 2.05) is 0 Å². The number of rotatable bonds is 4. The third-order valence-electron chi connectivity index (χ3n) is 3.74. The van der Waals surface area contributed by atoms with Gasteiger partial charge in [0.1, 0.15) is 0 Å². The van der Waals surface area contributed by atoms with E-state index >= 15 is 0 Å². The first-order chi connectivity index (χ1) is 7.47. The number of nitrogens with two attached hydrogens (primary N) is 1. The summed E-state index contributed by atoms with van der Waals surface area (Å²) in [5.74, 6) is 0.827. The second-order valence-corrected chi connectivity index (χ2v) is 5.63. The number of amides is 1. The van der Waals surface area contributed by atoms with E-state index in [0.29, 0.717) is 0 Å². The molecule has 1 aliphatic carbocycles. The van der Waals surface area contributed by atoms with Crippen LogP contribution in [0, 0.1) is 5.92 Å². The molecule has 0 spiro atoms. The van der Waals surface area contributed by atoms with Gasteiger partial charge in [-0.3, -0.25) is 4.79 Å². The summed E-state index contributed by atoms with van der Waals surface area (Å²) in [6, 6.07) is -0.332. The van der Waals surface area contributed by atoms with Crippen molar-refractivity contribution in [1.82, 2.24) is 5.32 Å². The minimum absolute atomic E-state index is 0.0189. The van der Waals surface area contributed by atoms with Gasteiger partial charge in [-0.25, -0.2) is 0 Å². The lowest BCUT2D eigenvalue weighted by Gasteiger charge is -2.37. The molecule has 3 nitrogen and oxygen atoms in total. The molecule has 0 aromatic rings. The van der Waals surface area contributed by atoms with E-state index < -0.39 is 0 Å². The highest BCUT2D eigenvalue weighted by Gasteiger charge is 2.31. The predicted octanol–water partition coefficient (Wildman–Crippen LogP) is 2.20. The number of carbonyl (C=O) groups excluding carboxylic acids is 1. The van der Waals surface area contributed by atoms with Gasteiger partial charge in [-0.05, 0) is 44.9 Å². The molecule has 1 aliphatic rings. The zero-order chi connectivity index (χ0) is 12.2. The maximum atomic E-state index is 11.9. The molecule has 0 aromatic carbocycles. The molecule has 0 aliphatic heterocycles. The molecule has 0 radical (unpaired) electrons. The van der Waals surface area contributed by atoms with Crippen molar-refractivity contribution >= 4 is 5.91 Å². The molecular formula is C13H26N2O. The number of carbonyl (C=O) groups is 1. The molecule has 0 aromatic heterocycles. The minimum atomic E-state index is -0.332. The topological polar surface area (TPSA) is 55.1 Å². The molecule has 0 heterocycles. The van der Waals surface area contributed by atoms with Crippen molar-refractivity contribution in [3.63, 3.8) is 0 Å². The van der Waals surface area contributed by atoms with E-state index in [1.165, 1.54) is 12.8 Å². The molecule has 1 saturated carbocycles. The summed E-state index contributed by atoms with van der Waals surface area (Å²) >= 11 is 0. The molecule has 16 heavy (non-hydrogen) atoms. The van der Waals surface area contributed by atoms with E-state index in [-0.39, 0.29) is 17.5 Å². The first kappa shape index (κ1) is 13.5. The van der Waals surface area contributed by atoms with Crippen LogP contribution in [0.3, 0.4) is 0 Å². The molecule has 0 saturated heterocycles. The van der Waals surface area contributed by atoms with Gasteiger partial charge in [-0.15, -0.1) is 0 Å². The van der Waals surface area contributed by atoms with E-state index in [1.54, 1.807) is 0 Å². The van der Waals surface area contributed by atoms with Crippen molar-refractivity contribution < 1.29 is 4.79 Å². The molecule has 1 rings (SSSR count). The van der Waals surface area contributed by atoms with Gasteiger partial charge in [0, 0.05) is 5.54 Å². The fourth-order valence-electron chi connectivity index (χ4n) is 2.36. The highest BCUT2D eigenvalue weighted by molar-refractivity contribution is 5.82. The summed E-state index contributed by atoms with van der Waals surface area (Å²) in [5, 5.41) is 3.14. The molecule has 3 N–H and O–H groups in total. The zero-order valence-corrected chi connectivity index (χ0v) is 10.9. The maximum absolute atomic E-state index is 11.9. The summed E-state index contributed by atoms with van der Waals surface area (Å²) in [7, 11) is 0. The van der Waals surface area contributed by atoms with Crippen LogP contribution in [-0.2, 0) is 4.79 Å². The summed E-state index contributed by atoms with van der Waals surface area (Å²) in [4.78, 5) is 11.9. The van der Waals surface area contributed by atoms with Crippen molar-refractivity contribution in [3.05, 3.63) is 0 Å². The first-order valence-electron chi connectivity index (χ1n) is 6.54. The summed E-state index contributed by atoms with van der Waals surface area (Å²) in [5.41, 5.74) is 5.80. The van der Waals surface area contributed by atoms with E-state index in [0.717, 1.165) is 31.6 Å². The van der Waals surface area contributed by atoms with Crippen LogP contribution in [0.15, 0.2) is 0 Å². The van der Waals surface area contributed by atoms with E-state index in [9.17, 15) is 4.79 Å². The van der Waals surface area contributed by atoms with Gasteiger partial charge in [0.05, 0.1) is 6.04 Å². The highest BCUT2D eigenvalue weighted by Crippen LogP contribution is 2.31. The Hall–Kier alpha value is -0.570. The fourth-order valence-corrected chi connectivity index (χ4v) is 2.36. The SMILES string of the molecule is CCCC(N)C(=O)NC1(C)CCC(C)CC1. The van der Waals surface area contributed by atoms with Crippen LogP contribution >= 0.6 is 0 Å². The monoisotopic (exact) mass is 226 g/mol. The standard InChI is InChI=1S/C13H26N2O/c1-4-5-11(14)12(16)15-13(3)8-6-10(2)7-9-13/h10-11H,4-9,14H2,1-3H3,(H,15,16). The molecule has 1 atom stereocenters. The summed E-state index contributed by atoms with van der Waals surface area (Å²) in [6.07, 6.45) is 6.32. The average molecular weight is 226 g/mol. The lowest BCUT2D eigenvalue weighted by Crippen LogP contribution is -2.53.